The van der Waals surface area contributed by atoms with Gasteiger partial charge in [0.05, 0.1) is 0 Å². The van der Waals surface area contributed by atoms with E-state index in [1.54, 1.807) is 0 Å². The molecule has 68 valence electrons. The van der Waals surface area contributed by atoms with Gasteiger partial charge in [-0.15, -0.1) is 0 Å². The second-order valence-electron chi connectivity index (χ2n) is 2.77. The lowest BCUT2D eigenvalue weighted by Gasteiger charge is -1.95. The van der Waals surface area contributed by atoms with Crippen molar-refractivity contribution in [3.8, 4) is 0 Å². The van der Waals surface area contributed by atoms with Crippen molar-refractivity contribution >= 4 is 0 Å². The third-order valence-electron chi connectivity index (χ3n) is 1.71. The molecule has 0 fully saturated rings. The zero-order valence-electron chi connectivity index (χ0n) is 7.40. The monoisotopic (exact) mass is 156 g/mol. The minimum atomic E-state index is 0. The van der Waals surface area contributed by atoms with Gasteiger partial charge in [-0.2, -0.15) is 0 Å². The molecular formula is C11H24. The molecule has 0 heteroatoms. The molecule has 0 rings (SSSR count). The summed E-state index contributed by atoms with van der Waals surface area (Å²) in [6, 6.07) is 0. The molecule has 0 atom stereocenters. The predicted octanol–water partition coefficient (Wildman–Crippen LogP) is 4.56. The van der Waals surface area contributed by atoms with Crippen molar-refractivity contribution in [2.24, 2.45) is 0 Å². The van der Waals surface area contributed by atoms with Crippen molar-refractivity contribution in [3.05, 3.63) is 12.2 Å². The molecule has 0 saturated heterocycles. The molecule has 0 saturated carbocycles. The molecule has 0 N–H and O–H groups in total. The topological polar surface area (TPSA) is 0 Å². The molecule has 0 aliphatic carbocycles. The summed E-state index contributed by atoms with van der Waals surface area (Å²) in [7, 11) is 0. The minimum absolute atomic E-state index is 0. The van der Waals surface area contributed by atoms with Gasteiger partial charge in [0.1, 0.15) is 0 Å². The van der Waals surface area contributed by atoms with Crippen molar-refractivity contribution in [2.45, 2.75) is 59.8 Å². The van der Waals surface area contributed by atoms with Crippen molar-refractivity contribution < 1.29 is 0 Å². The fourth-order valence-electron chi connectivity index (χ4n) is 1.03. The molecule has 0 nitrogen and oxygen atoms in total. The first-order valence-electron chi connectivity index (χ1n) is 4.53. The Bertz CT molecular complexity index is 72.1. The van der Waals surface area contributed by atoms with Crippen LogP contribution < -0.4 is 0 Å². The zero-order valence-corrected chi connectivity index (χ0v) is 7.40. The number of hydrogen-bond acceptors (Lipinski definition) is 0. The Hall–Kier alpha value is -0.260. The highest BCUT2D eigenvalue weighted by atomic mass is 13.9. The lowest BCUT2D eigenvalue weighted by atomic mass is 10.1. The van der Waals surface area contributed by atoms with E-state index in [1.165, 1.54) is 38.5 Å². The smallest absolute Gasteiger partial charge is 0.0351 e. The van der Waals surface area contributed by atoms with Gasteiger partial charge in [-0.1, -0.05) is 52.2 Å². The Morgan fingerprint density at radius 3 is 2.18 bits per heavy atom. The highest BCUT2D eigenvalue weighted by Crippen LogP contribution is 2.04. The summed E-state index contributed by atoms with van der Waals surface area (Å²) in [6.07, 6.45) is 12.7. The van der Waals surface area contributed by atoms with Gasteiger partial charge in [-0.25, -0.2) is 0 Å². The summed E-state index contributed by atoms with van der Waals surface area (Å²) in [5, 5.41) is 0. The van der Waals surface area contributed by atoms with Gasteiger partial charge < -0.3 is 0 Å². The molecule has 0 aliphatic rings. The molecular weight excluding hydrogens is 132 g/mol. The molecule has 11 heavy (non-hydrogen) atoms. The summed E-state index contributed by atoms with van der Waals surface area (Å²) in [6.45, 7) is 4.35. The van der Waals surface area contributed by atoms with Crippen LogP contribution in [0.1, 0.15) is 59.8 Å². The third-order valence-corrected chi connectivity index (χ3v) is 1.71. The van der Waals surface area contributed by atoms with E-state index in [0.29, 0.717) is 0 Å². The largest absolute Gasteiger partial charge is 0.0917 e. The first-order chi connectivity index (χ1) is 4.91. The van der Waals surface area contributed by atoms with E-state index < -0.39 is 0 Å². The Morgan fingerprint density at radius 2 is 1.64 bits per heavy atom. The van der Waals surface area contributed by atoms with E-state index in [1.807, 2.05) is 0 Å². The molecule has 0 bridgehead atoms. The fourth-order valence-corrected chi connectivity index (χ4v) is 1.03. The van der Waals surface area contributed by atoms with Gasteiger partial charge in [0.2, 0.25) is 0 Å². The SMILES string of the molecule is C.CC=CCCCCCCC. The van der Waals surface area contributed by atoms with Crippen LogP contribution in [0, 0.1) is 0 Å². The number of unbranched alkanes of at least 4 members (excludes halogenated alkanes) is 5. The lowest BCUT2D eigenvalue weighted by Crippen LogP contribution is -1.75. The average Bonchev–Trinajstić information content (AvgIpc) is 1.97. The van der Waals surface area contributed by atoms with Gasteiger partial charge in [-0.05, 0) is 19.8 Å². The normalized spacial score (nSPS) is 10.0. The van der Waals surface area contributed by atoms with E-state index in [0.717, 1.165) is 0 Å². The average molecular weight is 156 g/mol. The zero-order chi connectivity index (χ0) is 7.66. The maximum atomic E-state index is 2.26. The summed E-state index contributed by atoms with van der Waals surface area (Å²) >= 11 is 0. The number of hydrogen-bond donors (Lipinski definition) is 0. The minimum Gasteiger partial charge on any atom is -0.0917 e. The maximum Gasteiger partial charge on any atom is -0.0351 e. The van der Waals surface area contributed by atoms with Crippen molar-refractivity contribution in [1.29, 1.82) is 0 Å². The van der Waals surface area contributed by atoms with Crippen LogP contribution in [-0.4, -0.2) is 0 Å². The van der Waals surface area contributed by atoms with Crippen LogP contribution >= 0.6 is 0 Å². The van der Waals surface area contributed by atoms with Crippen LogP contribution in [0.2, 0.25) is 0 Å². The van der Waals surface area contributed by atoms with Crippen molar-refractivity contribution in [1.82, 2.24) is 0 Å². The first-order valence-corrected chi connectivity index (χ1v) is 4.53. The third kappa shape index (κ3) is 12.8. The Balaban J connectivity index is 0. The summed E-state index contributed by atoms with van der Waals surface area (Å²) < 4.78 is 0. The van der Waals surface area contributed by atoms with E-state index in [9.17, 15) is 0 Å². The number of rotatable bonds is 6. The van der Waals surface area contributed by atoms with Crippen molar-refractivity contribution in [3.63, 3.8) is 0 Å². The van der Waals surface area contributed by atoms with E-state index in [4.69, 9.17) is 0 Å². The first kappa shape index (κ1) is 13.3. The Labute approximate surface area is 72.7 Å². The standard InChI is InChI=1S/C10H20.CH4/c1-3-5-7-9-10-8-6-4-2;/h3,5H,4,6-10H2,1-2H3;1H4. The highest BCUT2D eigenvalue weighted by molar-refractivity contribution is 4.76. The lowest BCUT2D eigenvalue weighted by molar-refractivity contribution is 0.637. The van der Waals surface area contributed by atoms with Crippen LogP contribution in [-0.2, 0) is 0 Å². The Kier molecular flexibility index (Phi) is 15.1. The van der Waals surface area contributed by atoms with Gasteiger partial charge in [0, 0.05) is 0 Å². The second kappa shape index (κ2) is 12.4. The van der Waals surface area contributed by atoms with E-state index in [-0.39, 0.29) is 7.43 Å². The van der Waals surface area contributed by atoms with E-state index in [2.05, 4.69) is 26.0 Å². The molecule has 0 unspecified atom stereocenters. The molecule has 0 aromatic heterocycles. The van der Waals surface area contributed by atoms with Crippen LogP contribution in [0.15, 0.2) is 12.2 Å². The molecule has 0 aromatic rings. The van der Waals surface area contributed by atoms with Crippen LogP contribution in [0.4, 0.5) is 0 Å². The second-order valence-corrected chi connectivity index (χ2v) is 2.77. The van der Waals surface area contributed by atoms with Crippen LogP contribution in [0.3, 0.4) is 0 Å². The molecule has 0 heterocycles. The number of allylic oxidation sites excluding steroid dienone is 2. The molecule has 0 spiro atoms. The van der Waals surface area contributed by atoms with Crippen LogP contribution in [0.5, 0.6) is 0 Å². The van der Waals surface area contributed by atoms with Crippen molar-refractivity contribution in [2.75, 3.05) is 0 Å². The summed E-state index contributed by atoms with van der Waals surface area (Å²) in [4.78, 5) is 0. The fraction of sp³-hybridized carbons (Fsp3) is 0.818. The highest BCUT2D eigenvalue weighted by Gasteiger charge is 1.84. The van der Waals surface area contributed by atoms with Gasteiger partial charge in [0.15, 0.2) is 0 Å². The van der Waals surface area contributed by atoms with E-state index >= 15 is 0 Å². The maximum absolute atomic E-state index is 2.26. The van der Waals surface area contributed by atoms with Crippen LogP contribution in [0.25, 0.3) is 0 Å². The molecule has 0 radical (unpaired) electrons. The summed E-state index contributed by atoms with van der Waals surface area (Å²) in [5.74, 6) is 0. The summed E-state index contributed by atoms with van der Waals surface area (Å²) in [5.41, 5.74) is 0. The molecule has 0 amide bonds. The van der Waals surface area contributed by atoms with Gasteiger partial charge in [0.25, 0.3) is 0 Å². The Morgan fingerprint density at radius 1 is 1.00 bits per heavy atom. The van der Waals surface area contributed by atoms with Gasteiger partial charge in [-0.3, -0.25) is 0 Å². The molecule has 0 aliphatic heterocycles. The van der Waals surface area contributed by atoms with Gasteiger partial charge >= 0.3 is 0 Å². The quantitative estimate of drug-likeness (QED) is 0.390. The predicted molar refractivity (Wildman–Crippen MR) is 54.9 cm³/mol. The molecule has 0 aromatic carbocycles.